The molecule has 1 aliphatic rings. The van der Waals surface area contributed by atoms with Crippen LogP contribution in [0.25, 0.3) is 22.3 Å². The van der Waals surface area contributed by atoms with Gasteiger partial charge in [0.05, 0.1) is 5.54 Å². The highest BCUT2D eigenvalue weighted by atomic mass is 16.5. The van der Waals surface area contributed by atoms with Gasteiger partial charge in [-0.05, 0) is 44.2 Å². The van der Waals surface area contributed by atoms with Crippen molar-refractivity contribution in [3.63, 3.8) is 0 Å². The zero-order valence-electron chi connectivity index (χ0n) is 12.5. The van der Waals surface area contributed by atoms with Gasteiger partial charge in [-0.25, -0.2) is 0 Å². The third-order valence-corrected chi connectivity index (χ3v) is 4.40. The first-order valence-electron chi connectivity index (χ1n) is 7.70. The minimum atomic E-state index is -0.228. The van der Waals surface area contributed by atoms with Crippen molar-refractivity contribution in [1.29, 1.82) is 0 Å². The van der Waals surface area contributed by atoms with Crippen LogP contribution in [-0.4, -0.2) is 21.7 Å². The number of rotatable bonds is 2. The van der Waals surface area contributed by atoms with Crippen molar-refractivity contribution >= 4 is 10.8 Å². The Hall–Kier alpha value is -2.27. The van der Waals surface area contributed by atoms with Crippen LogP contribution in [0.15, 0.2) is 41.1 Å². The lowest BCUT2D eigenvalue weighted by molar-refractivity contribution is 0.207. The van der Waals surface area contributed by atoms with Gasteiger partial charge < -0.3 is 9.84 Å². The summed E-state index contributed by atoms with van der Waals surface area (Å²) in [6.45, 7) is 3.11. The lowest BCUT2D eigenvalue weighted by Crippen LogP contribution is -2.43. The van der Waals surface area contributed by atoms with Crippen molar-refractivity contribution in [2.24, 2.45) is 0 Å². The quantitative estimate of drug-likeness (QED) is 0.786. The van der Waals surface area contributed by atoms with E-state index in [1.165, 1.54) is 12.8 Å². The summed E-state index contributed by atoms with van der Waals surface area (Å²) in [6, 6.07) is 10.1. The van der Waals surface area contributed by atoms with Gasteiger partial charge in [0, 0.05) is 11.6 Å². The Bertz CT molecular complexity index is 800. The number of hydrogen-bond acceptors (Lipinski definition) is 5. The molecule has 1 unspecified atom stereocenters. The highest BCUT2D eigenvalue weighted by molar-refractivity contribution is 5.92. The van der Waals surface area contributed by atoms with Crippen LogP contribution >= 0.6 is 0 Å². The van der Waals surface area contributed by atoms with Gasteiger partial charge in [0.15, 0.2) is 0 Å². The minimum Gasteiger partial charge on any atom is -0.337 e. The van der Waals surface area contributed by atoms with E-state index < -0.39 is 0 Å². The molecule has 1 aliphatic heterocycles. The number of nitrogens with one attached hydrogen (secondary N) is 1. The molecule has 3 aromatic rings. The molecule has 0 saturated carbocycles. The summed E-state index contributed by atoms with van der Waals surface area (Å²) in [4.78, 5) is 9.08. The molecule has 4 rings (SSSR count). The Balaban J connectivity index is 1.77. The maximum Gasteiger partial charge on any atom is 0.247 e. The average Bonchev–Trinajstić information content (AvgIpc) is 3.06. The number of aromatic nitrogens is 3. The molecular formula is C17H18N4O. The zero-order chi connectivity index (χ0) is 15.0. The molecule has 0 aliphatic carbocycles. The predicted octanol–water partition coefficient (Wildman–Crippen LogP) is 3.27. The molecule has 1 fully saturated rings. The van der Waals surface area contributed by atoms with Gasteiger partial charge in [0.1, 0.15) is 5.69 Å². The fourth-order valence-electron chi connectivity index (χ4n) is 3.08. The number of hydrogen-bond donors (Lipinski definition) is 1. The Labute approximate surface area is 128 Å². The topological polar surface area (TPSA) is 63.8 Å². The van der Waals surface area contributed by atoms with Crippen molar-refractivity contribution in [1.82, 2.24) is 20.4 Å². The SMILES string of the molecule is CC1(c2nc(-c3nccc4ccccc34)no2)CCCCN1. The van der Waals surface area contributed by atoms with Crippen LogP contribution in [0, 0.1) is 0 Å². The largest absolute Gasteiger partial charge is 0.337 e. The normalized spacial score (nSPS) is 22.0. The molecule has 2 aromatic heterocycles. The molecule has 112 valence electrons. The maximum atomic E-state index is 5.55. The summed E-state index contributed by atoms with van der Waals surface area (Å²) in [5, 5.41) is 9.83. The zero-order valence-corrected chi connectivity index (χ0v) is 12.5. The fourth-order valence-corrected chi connectivity index (χ4v) is 3.08. The van der Waals surface area contributed by atoms with Gasteiger partial charge in [0.25, 0.3) is 0 Å². The Morgan fingerprint density at radius 1 is 1.18 bits per heavy atom. The second kappa shape index (κ2) is 5.18. The van der Waals surface area contributed by atoms with E-state index in [1.807, 2.05) is 24.3 Å². The first-order chi connectivity index (χ1) is 10.8. The summed E-state index contributed by atoms with van der Waals surface area (Å²) < 4.78 is 5.55. The van der Waals surface area contributed by atoms with Gasteiger partial charge in [-0.2, -0.15) is 4.98 Å². The molecule has 0 bridgehead atoms. The molecule has 22 heavy (non-hydrogen) atoms. The third-order valence-electron chi connectivity index (χ3n) is 4.40. The van der Waals surface area contributed by atoms with Crippen molar-refractivity contribution in [2.45, 2.75) is 31.7 Å². The lowest BCUT2D eigenvalue weighted by Gasteiger charge is -2.31. The standard InChI is InChI=1S/C17H18N4O/c1-17(9-4-5-10-19-17)16-20-15(21-22-16)14-13-7-3-2-6-12(13)8-11-18-14/h2-3,6-8,11,19H,4-5,9-10H2,1H3. The monoisotopic (exact) mass is 294 g/mol. The third kappa shape index (κ3) is 2.18. The molecule has 1 N–H and O–H groups in total. The van der Waals surface area contributed by atoms with Crippen LogP contribution in [-0.2, 0) is 5.54 Å². The Morgan fingerprint density at radius 2 is 2.09 bits per heavy atom. The van der Waals surface area contributed by atoms with Gasteiger partial charge in [0.2, 0.25) is 11.7 Å². The first-order valence-corrected chi connectivity index (χ1v) is 7.70. The average molecular weight is 294 g/mol. The van der Waals surface area contributed by atoms with E-state index in [1.54, 1.807) is 6.20 Å². The number of pyridine rings is 1. The number of fused-ring (bicyclic) bond motifs is 1. The second-order valence-corrected chi connectivity index (χ2v) is 6.02. The van der Waals surface area contributed by atoms with E-state index in [4.69, 9.17) is 4.52 Å². The molecule has 1 saturated heterocycles. The van der Waals surface area contributed by atoms with Gasteiger partial charge in [-0.1, -0.05) is 29.4 Å². The van der Waals surface area contributed by atoms with E-state index in [0.717, 1.165) is 29.4 Å². The van der Waals surface area contributed by atoms with E-state index in [9.17, 15) is 0 Å². The first kappa shape index (κ1) is 13.4. The molecule has 3 heterocycles. The van der Waals surface area contributed by atoms with Crippen LogP contribution in [0.5, 0.6) is 0 Å². The van der Waals surface area contributed by atoms with E-state index in [0.29, 0.717) is 11.7 Å². The van der Waals surface area contributed by atoms with Crippen molar-refractivity contribution in [3.05, 3.63) is 42.4 Å². The maximum absolute atomic E-state index is 5.55. The molecule has 0 spiro atoms. The van der Waals surface area contributed by atoms with Crippen LogP contribution in [0.1, 0.15) is 32.1 Å². The van der Waals surface area contributed by atoms with Crippen molar-refractivity contribution in [2.75, 3.05) is 6.54 Å². The fraction of sp³-hybridized carbons (Fsp3) is 0.353. The highest BCUT2D eigenvalue weighted by Crippen LogP contribution is 2.31. The Morgan fingerprint density at radius 3 is 2.95 bits per heavy atom. The summed E-state index contributed by atoms with van der Waals surface area (Å²) in [5.74, 6) is 1.21. The van der Waals surface area contributed by atoms with Crippen LogP contribution in [0.2, 0.25) is 0 Å². The second-order valence-electron chi connectivity index (χ2n) is 6.02. The summed E-state index contributed by atoms with van der Waals surface area (Å²) in [6.07, 6.45) is 5.17. The van der Waals surface area contributed by atoms with Gasteiger partial charge >= 0.3 is 0 Å². The summed E-state index contributed by atoms with van der Waals surface area (Å²) >= 11 is 0. The lowest BCUT2D eigenvalue weighted by atomic mass is 9.91. The van der Waals surface area contributed by atoms with Crippen LogP contribution < -0.4 is 5.32 Å². The summed E-state index contributed by atoms with van der Waals surface area (Å²) in [5.41, 5.74) is 0.543. The predicted molar refractivity (Wildman–Crippen MR) is 84.2 cm³/mol. The minimum absolute atomic E-state index is 0.228. The smallest absolute Gasteiger partial charge is 0.247 e. The van der Waals surface area contributed by atoms with Crippen LogP contribution in [0.4, 0.5) is 0 Å². The van der Waals surface area contributed by atoms with Crippen LogP contribution in [0.3, 0.4) is 0 Å². The molecule has 0 amide bonds. The molecule has 5 nitrogen and oxygen atoms in total. The molecule has 1 aromatic carbocycles. The van der Waals surface area contributed by atoms with Gasteiger partial charge in [-0.3, -0.25) is 4.98 Å². The molecule has 5 heteroatoms. The molecular weight excluding hydrogens is 276 g/mol. The number of nitrogens with zero attached hydrogens (tertiary/aromatic N) is 3. The summed E-state index contributed by atoms with van der Waals surface area (Å²) in [7, 11) is 0. The van der Waals surface area contributed by atoms with E-state index in [2.05, 4.69) is 33.4 Å². The Kier molecular flexibility index (Phi) is 3.15. The van der Waals surface area contributed by atoms with Gasteiger partial charge in [-0.15, -0.1) is 0 Å². The molecule has 1 atom stereocenters. The number of benzene rings is 1. The highest BCUT2D eigenvalue weighted by Gasteiger charge is 2.34. The van der Waals surface area contributed by atoms with E-state index >= 15 is 0 Å². The van der Waals surface area contributed by atoms with E-state index in [-0.39, 0.29) is 5.54 Å². The van der Waals surface area contributed by atoms with Crippen molar-refractivity contribution in [3.8, 4) is 11.5 Å². The molecule has 0 radical (unpaired) electrons. The number of piperidine rings is 1. The van der Waals surface area contributed by atoms with Crippen molar-refractivity contribution < 1.29 is 4.52 Å².